The van der Waals surface area contributed by atoms with E-state index in [2.05, 4.69) is 18.7 Å². The maximum absolute atomic E-state index is 9.45. The number of hydrogen-bond acceptors (Lipinski definition) is 3. The lowest BCUT2D eigenvalue weighted by molar-refractivity contribution is 0.0553. The number of nitrogens with two attached hydrogens (primary N) is 1. The van der Waals surface area contributed by atoms with Gasteiger partial charge in [0.05, 0.1) is 6.10 Å². The van der Waals surface area contributed by atoms with E-state index < -0.39 is 0 Å². The first-order valence-corrected chi connectivity index (χ1v) is 5.27. The van der Waals surface area contributed by atoms with Crippen LogP contribution in [0.1, 0.15) is 26.7 Å². The van der Waals surface area contributed by atoms with Gasteiger partial charge in [0.2, 0.25) is 0 Å². The smallest absolute Gasteiger partial charge is 0.0789 e. The van der Waals surface area contributed by atoms with Crippen LogP contribution in [0, 0.1) is 5.92 Å². The Morgan fingerprint density at radius 3 is 2.85 bits per heavy atom. The van der Waals surface area contributed by atoms with E-state index in [4.69, 9.17) is 5.73 Å². The van der Waals surface area contributed by atoms with Crippen LogP contribution < -0.4 is 5.73 Å². The monoisotopic (exact) mass is 186 g/mol. The van der Waals surface area contributed by atoms with Gasteiger partial charge in [-0.25, -0.2) is 0 Å². The van der Waals surface area contributed by atoms with Gasteiger partial charge >= 0.3 is 0 Å². The van der Waals surface area contributed by atoms with Crippen molar-refractivity contribution in [1.82, 2.24) is 4.90 Å². The van der Waals surface area contributed by atoms with Gasteiger partial charge in [0.25, 0.3) is 0 Å². The summed E-state index contributed by atoms with van der Waals surface area (Å²) in [5, 5.41) is 9.45. The van der Waals surface area contributed by atoms with Crippen molar-refractivity contribution in [1.29, 1.82) is 0 Å². The van der Waals surface area contributed by atoms with Crippen LogP contribution in [0.15, 0.2) is 0 Å². The molecule has 0 aromatic heterocycles. The molecule has 1 aliphatic heterocycles. The molecule has 0 aromatic rings. The molecule has 2 unspecified atom stereocenters. The van der Waals surface area contributed by atoms with Crippen LogP contribution in [0.4, 0.5) is 0 Å². The maximum atomic E-state index is 9.45. The molecule has 1 heterocycles. The number of piperidine rings is 1. The van der Waals surface area contributed by atoms with Gasteiger partial charge < -0.3 is 10.8 Å². The second kappa shape index (κ2) is 4.94. The molecule has 78 valence electrons. The topological polar surface area (TPSA) is 49.5 Å². The molecular weight excluding hydrogens is 164 g/mol. The second-order valence-electron chi connectivity index (χ2n) is 4.24. The van der Waals surface area contributed by atoms with Crippen LogP contribution in [0.2, 0.25) is 0 Å². The minimum Gasteiger partial charge on any atom is -0.390 e. The normalized spacial score (nSPS) is 33.2. The van der Waals surface area contributed by atoms with Gasteiger partial charge in [0.1, 0.15) is 0 Å². The van der Waals surface area contributed by atoms with Gasteiger partial charge in [-0.3, -0.25) is 4.90 Å². The summed E-state index contributed by atoms with van der Waals surface area (Å²) >= 11 is 0. The molecule has 1 fully saturated rings. The van der Waals surface area contributed by atoms with E-state index in [0.717, 1.165) is 19.0 Å². The Morgan fingerprint density at radius 2 is 2.23 bits per heavy atom. The lowest BCUT2D eigenvalue weighted by Crippen LogP contribution is -2.47. The number of hydrogen-bond donors (Lipinski definition) is 2. The summed E-state index contributed by atoms with van der Waals surface area (Å²) in [5.74, 6) is 0.749. The van der Waals surface area contributed by atoms with Gasteiger partial charge in [-0.15, -0.1) is 0 Å². The first-order valence-electron chi connectivity index (χ1n) is 5.27. The fourth-order valence-electron chi connectivity index (χ4n) is 2.02. The van der Waals surface area contributed by atoms with Gasteiger partial charge in [-0.05, 0) is 32.2 Å². The van der Waals surface area contributed by atoms with Crippen molar-refractivity contribution in [3.8, 4) is 0 Å². The van der Waals surface area contributed by atoms with Crippen LogP contribution in [0.3, 0.4) is 0 Å². The van der Waals surface area contributed by atoms with Gasteiger partial charge in [0.15, 0.2) is 0 Å². The molecule has 13 heavy (non-hydrogen) atoms. The van der Waals surface area contributed by atoms with E-state index in [9.17, 15) is 5.11 Å². The minimum absolute atomic E-state index is 0.354. The molecule has 0 bridgehead atoms. The molecule has 3 nitrogen and oxygen atoms in total. The van der Waals surface area contributed by atoms with Crippen LogP contribution >= 0.6 is 0 Å². The van der Waals surface area contributed by atoms with E-state index in [0.29, 0.717) is 12.6 Å². The van der Waals surface area contributed by atoms with E-state index >= 15 is 0 Å². The van der Waals surface area contributed by atoms with Crippen molar-refractivity contribution in [3.63, 3.8) is 0 Å². The van der Waals surface area contributed by atoms with Gasteiger partial charge in [0, 0.05) is 19.1 Å². The lowest BCUT2D eigenvalue weighted by Gasteiger charge is -2.38. The molecule has 1 aliphatic rings. The number of rotatable bonds is 3. The van der Waals surface area contributed by atoms with Crippen molar-refractivity contribution in [2.45, 2.75) is 38.8 Å². The zero-order chi connectivity index (χ0) is 9.84. The average molecular weight is 186 g/mol. The van der Waals surface area contributed by atoms with Crippen LogP contribution in [-0.4, -0.2) is 41.8 Å². The van der Waals surface area contributed by atoms with Crippen molar-refractivity contribution >= 4 is 0 Å². The fraction of sp³-hybridized carbons (Fsp3) is 1.00. The largest absolute Gasteiger partial charge is 0.390 e. The summed E-state index contributed by atoms with van der Waals surface area (Å²) in [6.07, 6.45) is 2.21. The molecule has 0 saturated carbocycles. The third-order valence-corrected chi connectivity index (χ3v) is 3.22. The number of likely N-dealkylation sites (tertiary alicyclic amines) is 1. The highest BCUT2D eigenvalue weighted by atomic mass is 16.3. The Labute approximate surface area is 80.9 Å². The number of aliphatic hydroxyl groups is 1. The van der Waals surface area contributed by atoms with E-state index in [1.54, 1.807) is 0 Å². The van der Waals surface area contributed by atoms with Crippen molar-refractivity contribution in [2.24, 2.45) is 11.7 Å². The first-order chi connectivity index (χ1) is 6.15. The molecule has 1 rings (SSSR count). The molecular formula is C10H22N2O. The number of β-amino-alcohol motifs (C(OH)–C–C–N with tert-alkyl or cyclic N) is 1. The Hall–Kier alpha value is -0.120. The summed E-state index contributed by atoms with van der Waals surface area (Å²) in [7, 11) is 0. The molecule has 0 amide bonds. The Bertz CT molecular complexity index is 152. The fourth-order valence-corrected chi connectivity index (χ4v) is 2.02. The summed E-state index contributed by atoms with van der Waals surface area (Å²) < 4.78 is 0. The van der Waals surface area contributed by atoms with Crippen LogP contribution in [0.5, 0.6) is 0 Å². The zero-order valence-electron chi connectivity index (χ0n) is 8.74. The highest BCUT2D eigenvalue weighted by molar-refractivity contribution is 4.80. The molecule has 0 aliphatic carbocycles. The predicted octanol–water partition coefficient (Wildman–Crippen LogP) is 0.426. The van der Waals surface area contributed by atoms with Gasteiger partial charge in [-0.2, -0.15) is 0 Å². The molecule has 3 N–H and O–H groups in total. The molecule has 0 radical (unpaired) electrons. The molecule has 1 saturated heterocycles. The summed E-state index contributed by atoms with van der Waals surface area (Å²) in [5.41, 5.74) is 5.39. The standard InChI is InChI=1S/C10H22N2O/c1-8-4-3-5-12(9(8)2)7-10(13)6-11/h8-10,13H,3-7,11H2,1-2H3/t8?,9?,10-/m1/s1. The molecule has 3 atom stereocenters. The summed E-state index contributed by atoms with van der Waals surface area (Å²) in [6, 6.07) is 0.593. The molecule has 0 aromatic carbocycles. The summed E-state index contributed by atoms with van der Waals surface area (Å²) in [6.45, 7) is 6.75. The predicted molar refractivity (Wildman–Crippen MR) is 54.5 cm³/mol. The van der Waals surface area contributed by atoms with Crippen molar-refractivity contribution in [2.75, 3.05) is 19.6 Å². The molecule has 0 spiro atoms. The number of nitrogens with zero attached hydrogens (tertiary/aromatic N) is 1. The quantitative estimate of drug-likeness (QED) is 0.672. The van der Waals surface area contributed by atoms with E-state index in [1.807, 2.05) is 0 Å². The van der Waals surface area contributed by atoms with E-state index in [1.165, 1.54) is 12.8 Å². The third kappa shape index (κ3) is 2.93. The van der Waals surface area contributed by atoms with Crippen molar-refractivity contribution in [3.05, 3.63) is 0 Å². The minimum atomic E-state index is -0.354. The maximum Gasteiger partial charge on any atom is 0.0789 e. The van der Waals surface area contributed by atoms with Crippen molar-refractivity contribution < 1.29 is 5.11 Å². The zero-order valence-corrected chi connectivity index (χ0v) is 8.74. The van der Waals surface area contributed by atoms with Crippen LogP contribution in [0.25, 0.3) is 0 Å². The van der Waals surface area contributed by atoms with E-state index in [-0.39, 0.29) is 6.10 Å². The number of aliphatic hydroxyl groups excluding tert-OH is 1. The van der Waals surface area contributed by atoms with Gasteiger partial charge in [-0.1, -0.05) is 6.92 Å². The first kappa shape index (κ1) is 11.0. The SMILES string of the molecule is CC1CCCN(C[C@H](O)CN)C1C. The molecule has 3 heteroatoms. The Balaban J connectivity index is 2.39. The Kier molecular flexibility index (Phi) is 4.16. The lowest BCUT2D eigenvalue weighted by atomic mass is 9.92. The summed E-state index contributed by atoms with van der Waals surface area (Å²) in [4.78, 5) is 2.35. The van der Waals surface area contributed by atoms with Crippen LogP contribution in [-0.2, 0) is 0 Å². The highest BCUT2D eigenvalue weighted by Crippen LogP contribution is 2.22. The third-order valence-electron chi connectivity index (χ3n) is 3.22. The second-order valence-corrected chi connectivity index (χ2v) is 4.24. The highest BCUT2D eigenvalue weighted by Gasteiger charge is 2.25. The Morgan fingerprint density at radius 1 is 1.54 bits per heavy atom. The average Bonchev–Trinajstić information content (AvgIpc) is 2.13.